The van der Waals surface area contributed by atoms with Crippen LogP contribution >= 0.6 is 0 Å². The quantitative estimate of drug-likeness (QED) is 0.792. The van der Waals surface area contributed by atoms with Crippen molar-refractivity contribution in [3.63, 3.8) is 0 Å². The van der Waals surface area contributed by atoms with Gasteiger partial charge in [0.15, 0.2) is 0 Å². The standard InChI is InChI=1S/C14H17FN2O4/c1-8(18)9-4-5-17(7-9)14(21)16-10-2-3-12(15)11(6-10)13(19)20/h2-3,6,8-9,18H,4-5,7H2,1H3,(H,16,21)(H,19,20). The van der Waals surface area contributed by atoms with Crippen LogP contribution in [0.15, 0.2) is 18.2 Å². The summed E-state index contributed by atoms with van der Waals surface area (Å²) in [6.07, 6.45) is 0.238. The molecular weight excluding hydrogens is 279 g/mol. The van der Waals surface area contributed by atoms with Gasteiger partial charge < -0.3 is 20.4 Å². The molecular formula is C14H17FN2O4. The number of aliphatic hydroxyl groups is 1. The van der Waals surface area contributed by atoms with Crippen molar-refractivity contribution in [3.8, 4) is 0 Å². The molecule has 1 heterocycles. The van der Waals surface area contributed by atoms with E-state index in [4.69, 9.17) is 5.11 Å². The average Bonchev–Trinajstić information content (AvgIpc) is 2.90. The molecule has 7 heteroatoms. The molecule has 0 aromatic heterocycles. The number of carbonyl (C=O) groups excluding carboxylic acids is 1. The Morgan fingerprint density at radius 3 is 2.76 bits per heavy atom. The predicted octanol–water partition coefficient (Wildman–Crippen LogP) is 1.76. The molecule has 0 bridgehead atoms. The lowest BCUT2D eigenvalue weighted by molar-refractivity contribution is 0.0692. The second-order valence-electron chi connectivity index (χ2n) is 5.17. The number of urea groups is 1. The summed E-state index contributed by atoms with van der Waals surface area (Å²) in [5, 5.41) is 20.9. The van der Waals surface area contributed by atoms with E-state index in [2.05, 4.69) is 5.32 Å². The summed E-state index contributed by atoms with van der Waals surface area (Å²) in [7, 11) is 0. The molecule has 2 unspecified atom stereocenters. The fourth-order valence-corrected chi connectivity index (χ4v) is 2.33. The minimum atomic E-state index is -1.39. The first kappa shape index (κ1) is 15.2. The van der Waals surface area contributed by atoms with E-state index in [0.717, 1.165) is 18.6 Å². The molecule has 2 amide bonds. The number of aliphatic hydroxyl groups excluding tert-OH is 1. The highest BCUT2D eigenvalue weighted by Gasteiger charge is 2.29. The summed E-state index contributed by atoms with van der Waals surface area (Å²) in [5.41, 5.74) is -0.268. The van der Waals surface area contributed by atoms with Crippen molar-refractivity contribution in [3.05, 3.63) is 29.6 Å². The van der Waals surface area contributed by atoms with Crippen LogP contribution in [-0.4, -0.2) is 46.3 Å². The van der Waals surface area contributed by atoms with Crippen LogP contribution in [0.2, 0.25) is 0 Å². The fourth-order valence-electron chi connectivity index (χ4n) is 2.33. The normalized spacial score (nSPS) is 19.4. The first-order valence-electron chi connectivity index (χ1n) is 6.65. The van der Waals surface area contributed by atoms with E-state index in [1.807, 2.05) is 0 Å². The number of aromatic carboxylic acids is 1. The smallest absolute Gasteiger partial charge is 0.338 e. The van der Waals surface area contributed by atoms with Gasteiger partial charge in [-0.2, -0.15) is 0 Å². The van der Waals surface area contributed by atoms with Crippen LogP contribution < -0.4 is 5.32 Å². The molecule has 1 fully saturated rings. The zero-order valence-electron chi connectivity index (χ0n) is 11.5. The molecule has 0 saturated carbocycles. The number of likely N-dealkylation sites (tertiary alicyclic amines) is 1. The highest BCUT2D eigenvalue weighted by Crippen LogP contribution is 2.21. The van der Waals surface area contributed by atoms with Crippen LogP contribution in [0.4, 0.5) is 14.9 Å². The molecule has 114 valence electrons. The second kappa shape index (κ2) is 6.09. The SMILES string of the molecule is CC(O)C1CCN(C(=O)Nc2ccc(F)c(C(=O)O)c2)C1. The van der Waals surface area contributed by atoms with Crippen LogP contribution in [-0.2, 0) is 0 Å². The third kappa shape index (κ3) is 3.49. The number of rotatable bonds is 3. The first-order valence-corrected chi connectivity index (χ1v) is 6.65. The fraction of sp³-hybridized carbons (Fsp3) is 0.429. The maximum Gasteiger partial charge on any atom is 0.338 e. The molecule has 0 aliphatic carbocycles. The molecule has 1 aliphatic heterocycles. The van der Waals surface area contributed by atoms with Gasteiger partial charge in [0.05, 0.1) is 11.7 Å². The minimum Gasteiger partial charge on any atom is -0.478 e. The van der Waals surface area contributed by atoms with Crippen molar-refractivity contribution in [2.75, 3.05) is 18.4 Å². The Balaban J connectivity index is 2.04. The zero-order chi connectivity index (χ0) is 15.6. The lowest BCUT2D eigenvalue weighted by Crippen LogP contribution is -2.34. The molecule has 3 N–H and O–H groups in total. The van der Waals surface area contributed by atoms with E-state index in [9.17, 15) is 19.1 Å². The van der Waals surface area contributed by atoms with Gasteiger partial charge in [-0.05, 0) is 31.5 Å². The van der Waals surface area contributed by atoms with Gasteiger partial charge >= 0.3 is 12.0 Å². The minimum absolute atomic E-state index is 0.0403. The number of halogens is 1. The lowest BCUT2D eigenvalue weighted by atomic mass is 10.0. The number of hydrogen-bond donors (Lipinski definition) is 3. The van der Waals surface area contributed by atoms with Gasteiger partial charge in [0, 0.05) is 24.7 Å². The molecule has 6 nitrogen and oxygen atoms in total. The van der Waals surface area contributed by atoms with Gasteiger partial charge in [-0.1, -0.05) is 0 Å². The Kier molecular flexibility index (Phi) is 4.42. The Hall–Kier alpha value is -2.15. The third-order valence-electron chi connectivity index (χ3n) is 3.64. The van der Waals surface area contributed by atoms with Gasteiger partial charge in [-0.3, -0.25) is 0 Å². The average molecular weight is 296 g/mol. The van der Waals surface area contributed by atoms with E-state index >= 15 is 0 Å². The molecule has 1 aliphatic rings. The number of benzene rings is 1. The summed E-state index contributed by atoms with van der Waals surface area (Å²) >= 11 is 0. The van der Waals surface area contributed by atoms with Gasteiger partial charge in [-0.25, -0.2) is 14.0 Å². The Labute approximate surface area is 121 Å². The Morgan fingerprint density at radius 2 is 2.19 bits per heavy atom. The summed E-state index contributed by atoms with van der Waals surface area (Å²) in [5.74, 6) is -2.20. The number of amides is 2. The number of carboxylic acids is 1. The highest BCUT2D eigenvalue weighted by molar-refractivity contribution is 5.93. The summed E-state index contributed by atoms with van der Waals surface area (Å²) in [6, 6.07) is 3.00. The van der Waals surface area contributed by atoms with E-state index < -0.39 is 23.5 Å². The summed E-state index contributed by atoms with van der Waals surface area (Å²) in [4.78, 5) is 24.4. The molecule has 1 aromatic rings. The number of nitrogens with zero attached hydrogens (tertiary/aromatic N) is 1. The first-order chi connectivity index (χ1) is 9.88. The molecule has 2 atom stereocenters. The summed E-state index contributed by atoms with van der Waals surface area (Å²) < 4.78 is 13.3. The Bertz CT molecular complexity index is 562. The van der Waals surface area contributed by atoms with Gasteiger partial charge in [0.2, 0.25) is 0 Å². The van der Waals surface area contributed by atoms with E-state index in [1.54, 1.807) is 11.8 Å². The maximum absolute atomic E-state index is 13.3. The number of nitrogens with one attached hydrogen (secondary N) is 1. The van der Waals surface area contributed by atoms with Crippen molar-refractivity contribution in [1.29, 1.82) is 0 Å². The highest BCUT2D eigenvalue weighted by atomic mass is 19.1. The topological polar surface area (TPSA) is 89.9 Å². The van der Waals surface area contributed by atoms with E-state index in [0.29, 0.717) is 13.1 Å². The van der Waals surface area contributed by atoms with Gasteiger partial charge in [0.25, 0.3) is 0 Å². The molecule has 0 spiro atoms. The van der Waals surface area contributed by atoms with Crippen LogP contribution in [0.25, 0.3) is 0 Å². The molecule has 0 radical (unpaired) electrons. The van der Waals surface area contributed by atoms with E-state index in [1.165, 1.54) is 6.07 Å². The predicted molar refractivity (Wildman–Crippen MR) is 73.7 cm³/mol. The number of carbonyl (C=O) groups is 2. The number of anilines is 1. The van der Waals surface area contributed by atoms with Crippen LogP contribution in [0.3, 0.4) is 0 Å². The monoisotopic (exact) mass is 296 g/mol. The van der Waals surface area contributed by atoms with Crippen molar-refractivity contribution >= 4 is 17.7 Å². The van der Waals surface area contributed by atoms with Crippen LogP contribution in [0.1, 0.15) is 23.7 Å². The Morgan fingerprint density at radius 1 is 1.48 bits per heavy atom. The van der Waals surface area contributed by atoms with E-state index in [-0.39, 0.29) is 17.6 Å². The zero-order valence-corrected chi connectivity index (χ0v) is 11.5. The molecule has 2 rings (SSSR count). The van der Waals surface area contributed by atoms with Gasteiger partial charge in [-0.15, -0.1) is 0 Å². The molecule has 1 aromatic carbocycles. The maximum atomic E-state index is 13.3. The van der Waals surface area contributed by atoms with Crippen molar-refractivity contribution in [1.82, 2.24) is 4.90 Å². The molecule has 21 heavy (non-hydrogen) atoms. The third-order valence-corrected chi connectivity index (χ3v) is 3.64. The number of carboxylic acid groups (broad SMARTS) is 1. The van der Waals surface area contributed by atoms with Crippen LogP contribution in [0.5, 0.6) is 0 Å². The van der Waals surface area contributed by atoms with Crippen molar-refractivity contribution in [2.45, 2.75) is 19.4 Å². The van der Waals surface area contributed by atoms with Crippen molar-refractivity contribution in [2.24, 2.45) is 5.92 Å². The van der Waals surface area contributed by atoms with Crippen LogP contribution in [0, 0.1) is 11.7 Å². The van der Waals surface area contributed by atoms with Crippen molar-refractivity contribution < 1.29 is 24.2 Å². The second-order valence-corrected chi connectivity index (χ2v) is 5.17. The number of hydrogen-bond acceptors (Lipinski definition) is 3. The van der Waals surface area contributed by atoms with Gasteiger partial charge in [0.1, 0.15) is 5.82 Å². The molecule has 1 saturated heterocycles. The largest absolute Gasteiger partial charge is 0.478 e. The summed E-state index contributed by atoms with van der Waals surface area (Å²) in [6.45, 7) is 2.65. The lowest BCUT2D eigenvalue weighted by Gasteiger charge is -2.18.